The third-order valence-corrected chi connectivity index (χ3v) is 2.95. The Hall–Kier alpha value is -2.62. The van der Waals surface area contributed by atoms with Crippen LogP contribution in [0.1, 0.15) is 21.5 Å². The topological polar surface area (TPSA) is 58.2 Å². The second-order valence-electron chi connectivity index (χ2n) is 4.97. The van der Waals surface area contributed by atoms with Crippen LogP contribution in [-0.4, -0.2) is 18.4 Å². The molecule has 4 heteroatoms. The van der Waals surface area contributed by atoms with Crippen molar-refractivity contribution in [1.82, 2.24) is 5.32 Å². The summed E-state index contributed by atoms with van der Waals surface area (Å²) in [6.07, 6.45) is 0. The van der Waals surface area contributed by atoms with Crippen molar-refractivity contribution in [2.45, 2.75) is 13.8 Å². The summed E-state index contributed by atoms with van der Waals surface area (Å²) < 4.78 is 0. The highest BCUT2D eigenvalue weighted by molar-refractivity contribution is 5.99. The van der Waals surface area contributed by atoms with E-state index in [1.165, 1.54) is 0 Å². The van der Waals surface area contributed by atoms with Gasteiger partial charge < -0.3 is 10.6 Å². The standard InChI is InChI=1S/C17H18N2O2/c1-12-8-13(2)10-15(9-12)19-16(20)11-18-17(21)14-6-4-3-5-7-14/h3-10H,11H2,1-2H3,(H,18,21)(H,19,20). The fourth-order valence-electron chi connectivity index (χ4n) is 2.10. The van der Waals surface area contributed by atoms with Crippen LogP contribution in [0.5, 0.6) is 0 Å². The molecule has 0 bridgehead atoms. The number of hydrogen-bond acceptors (Lipinski definition) is 2. The molecule has 2 aromatic rings. The van der Waals surface area contributed by atoms with Crippen molar-refractivity contribution in [3.63, 3.8) is 0 Å². The van der Waals surface area contributed by atoms with E-state index in [1.807, 2.05) is 38.1 Å². The summed E-state index contributed by atoms with van der Waals surface area (Å²) in [6.45, 7) is 3.89. The Morgan fingerprint density at radius 3 is 2.19 bits per heavy atom. The van der Waals surface area contributed by atoms with E-state index in [9.17, 15) is 9.59 Å². The predicted molar refractivity (Wildman–Crippen MR) is 83.3 cm³/mol. The van der Waals surface area contributed by atoms with Crippen molar-refractivity contribution in [2.24, 2.45) is 0 Å². The normalized spacial score (nSPS) is 10.0. The molecule has 2 rings (SSSR count). The molecule has 0 spiro atoms. The number of carbonyl (C=O) groups excluding carboxylic acids is 2. The van der Waals surface area contributed by atoms with Gasteiger partial charge in [0.05, 0.1) is 6.54 Å². The van der Waals surface area contributed by atoms with Crippen LogP contribution in [0, 0.1) is 13.8 Å². The Morgan fingerprint density at radius 2 is 1.57 bits per heavy atom. The Balaban J connectivity index is 1.89. The van der Waals surface area contributed by atoms with Crippen molar-refractivity contribution in [3.8, 4) is 0 Å². The lowest BCUT2D eigenvalue weighted by molar-refractivity contribution is -0.115. The van der Waals surface area contributed by atoms with Crippen LogP contribution in [0.4, 0.5) is 5.69 Å². The maximum absolute atomic E-state index is 11.8. The molecule has 21 heavy (non-hydrogen) atoms. The molecule has 2 amide bonds. The Kier molecular flexibility index (Phi) is 4.72. The number of anilines is 1. The first-order valence-electron chi connectivity index (χ1n) is 6.76. The molecule has 0 aromatic heterocycles. The zero-order valence-corrected chi connectivity index (χ0v) is 12.1. The lowest BCUT2D eigenvalue weighted by Crippen LogP contribution is -2.32. The zero-order chi connectivity index (χ0) is 15.2. The van der Waals surface area contributed by atoms with Gasteiger partial charge in [-0.05, 0) is 49.2 Å². The molecule has 0 saturated carbocycles. The number of hydrogen-bond donors (Lipinski definition) is 2. The molecule has 2 aromatic carbocycles. The van der Waals surface area contributed by atoms with Gasteiger partial charge in [0.25, 0.3) is 5.91 Å². The molecule has 4 nitrogen and oxygen atoms in total. The van der Waals surface area contributed by atoms with Crippen LogP contribution in [0.2, 0.25) is 0 Å². The van der Waals surface area contributed by atoms with Crippen molar-refractivity contribution >= 4 is 17.5 Å². The van der Waals surface area contributed by atoms with Crippen molar-refractivity contribution < 1.29 is 9.59 Å². The van der Waals surface area contributed by atoms with E-state index in [0.29, 0.717) is 5.56 Å². The number of amides is 2. The van der Waals surface area contributed by atoms with Crippen molar-refractivity contribution in [3.05, 3.63) is 65.2 Å². The minimum absolute atomic E-state index is 0.0548. The van der Waals surface area contributed by atoms with E-state index in [2.05, 4.69) is 10.6 Å². The molecule has 0 unspecified atom stereocenters. The van der Waals surface area contributed by atoms with Gasteiger partial charge >= 0.3 is 0 Å². The maximum atomic E-state index is 11.8. The SMILES string of the molecule is Cc1cc(C)cc(NC(=O)CNC(=O)c2ccccc2)c1. The molecule has 2 N–H and O–H groups in total. The molecule has 0 radical (unpaired) electrons. The smallest absolute Gasteiger partial charge is 0.251 e. The molecular weight excluding hydrogens is 264 g/mol. The highest BCUT2D eigenvalue weighted by Crippen LogP contribution is 2.13. The third kappa shape index (κ3) is 4.45. The Bertz CT molecular complexity index is 631. The highest BCUT2D eigenvalue weighted by atomic mass is 16.2. The molecule has 0 saturated heterocycles. The van der Waals surface area contributed by atoms with Gasteiger partial charge in [-0.25, -0.2) is 0 Å². The van der Waals surface area contributed by atoms with Crippen LogP contribution in [-0.2, 0) is 4.79 Å². The Morgan fingerprint density at radius 1 is 0.952 bits per heavy atom. The van der Waals surface area contributed by atoms with E-state index in [0.717, 1.165) is 16.8 Å². The molecule has 0 aliphatic heterocycles. The molecular formula is C17H18N2O2. The number of nitrogens with one attached hydrogen (secondary N) is 2. The number of rotatable bonds is 4. The number of carbonyl (C=O) groups is 2. The monoisotopic (exact) mass is 282 g/mol. The number of aryl methyl sites for hydroxylation is 2. The van der Waals surface area contributed by atoms with Gasteiger partial charge in [-0.1, -0.05) is 24.3 Å². The summed E-state index contributed by atoms with van der Waals surface area (Å²) in [5.41, 5.74) is 3.44. The first-order chi connectivity index (χ1) is 10.0. The fourth-order valence-corrected chi connectivity index (χ4v) is 2.10. The van der Waals surface area contributed by atoms with Gasteiger partial charge in [0.15, 0.2) is 0 Å². The summed E-state index contributed by atoms with van der Waals surface area (Å²) >= 11 is 0. The van der Waals surface area contributed by atoms with Gasteiger partial charge in [0.1, 0.15) is 0 Å². The summed E-state index contributed by atoms with van der Waals surface area (Å²) in [5.74, 6) is -0.504. The highest BCUT2D eigenvalue weighted by Gasteiger charge is 2.08. The summed E-state index contributed by atoms with van der Waals surface area (Å²) in [6, 6.07) is 14.6. The second-order valence-corrected chi connectivity index (χ2v) is 4.97. The lowest BCUT2D eigenvalue weighted by Gasteiger charge is -2.08. The van der Waals surface area contributed by atoms with Crippen molar-refractivity contribution in [2.75, 3.05) is 11.9 Å². The van der Waals surface area contributed by atoms with Gasteiger partial charge in [-0.2, -0.15) is 0 Å². The van der Waals surface area contributed by atoms with Crippen LogP contribution < -0.4 is 10.6 Å². The quantitative estimate of drug-likeness (QED) is 0.905. The zero-order valence-electron chi connectivity index (χ0n) is 12.1. The maximum Gasteiger partial charge on any atom is 0.251 e. The van der Waals surface area contributed by atoms with Crippen LogP contribution in [0.25, 0.3) is 0 Å². The summed E-state index contributed by atoms with van der Waals surface area (Å²) in [5, 5.41) is 5.37. The Labute approximate surface area is 124 Å². The summed E-state index contributed by atoms with van der Waals surface area (Å²) in [7, 11) is 0. The van der Waals surface area contributed by atoms with Crippen molar-refractivity contribution in [1.29, 1.82) is 0 Å². The van der Waals surface area contributed by atoms with Gasteiger partial charge in [0.2, 0.25) is 5.91 Å². The minimum atomic E-state index is -0.258. The molecule has 0 fully saturated rings. The fraction of sp³-hybridized carbons (Fsp3) is 0.176. The first-order valence-corrected chi connectivity index (χ1v) is 6.76. The lowest BCUT2D eigenvalue weighted by atomic mass is 10.1. The molecule has 0 aliphatic rings. The van der Waals surface area contributed by atoms with E-state index in [-0.39, 0.29) is 18.4 Å². The van der Waals surface area contributed by atoms with Crippen LogP contribution in [0.3, 0.4) is 0 Å². The average molecular weight is 282 g/mol. The molecule has 0 atom stereocenters. The van der Waals surface area contributed by atoms with Crippen LogP contribution in [0.15, 0.2) is 48.5 Å². The average Bonchev–Trinajstić information content (AvgIpc) is 2.44. The minimum Gasteiger partial charge on any atom is -0.343 e. The third-order valence-electron chi connectivity index (χ3n) is 2.95. The second kappa shape index (κ2) is 6.70. The molecule has 0 heterocycles. The van der Waals surface area contributed by atoms with Crippen LogP contribution >= 0.6 is 0 Å². The summed E-state index contributed by atoms with van der Waals surface area (Å²) in [4.78, 5) is 23.7. The van der Waals surface area contributed by atoms with Gasteiger partial charge in [-0.3, -0.25) is 9.59 Å². The van der Waals surface area contributed by atoms with Gasteiger partial charge in [0, 0.05) is 11.3 Å². The molecule has 0 aliphatic carbocycles. The van der Waals surface area contributed by atoms with E-state index in [1.54, 1.807) is 24.3 Å². The number of benzene rings is 2. The van der Waals surface area contributed by atoms with E-state index < -0.39 is 0 Å². The predicted octanol–water partition coefficient (Wildman–Crippen LogP) is 2.67. The first kappa shape index (κ1) is 14.8. The van der Waals surface area contributed by atoms with E-state index >= 15 is 0 Å². The van der Waals surface area contributed by atoms with Gasteiger partial charge in [-0.15, -0.1) is 0 Å². The largest absolute Gasteiger partial charge is 0.343 e. The van der Waals surface area contributed by atoms with E-state index in [4.69, 9.17) is 0 Å². The molecule has 108 valence electrons.